The molecule has 0 aromatic rings. The maximum Gasteiger partial charge on any atom is 0.325 e. The van der Waals surface area contributed by atoms with Crippen LogP contribution < -0.4 is 5.32 Å². The van der Waals surface area contributed by atoms with E-state index in [1.807, 2.05) is 0 Å². The van der Waals surface area contributed by atoms with E-state index in [0.717, 1.165) is 44.3 Å². The molecule has 1 saturated carbocycles. The molecule has 5 heteroatoms. The lowest BCUT2D eigenvalue weighted by atomic mass is 9.67. The number of nitrogens with one attached hydrogen (secondary N) is 1. The van der Waals surface area contributed by atoms with Crippen LogP contribution >= 0.6 is 12.6 Å². The molecule has 1 heterocycles. The standard InChI is InChI=1S/C15H26N2O2S/c1-11-7-6-8-12(2)15(11)13(18)17(14(19)16-15)9-4-3-5-10-20/h11-12,20H,3-10H2,1-2H3,(H,16,19). The van der Waals surface area contributed by atoms with E-state index in [1.54, 1.807) is 0 Å². The number of unbranched alkanes of at least 4 members (excludes halogenated alkanes) is 2. The molecule has 2 unspecified atom stereocenters. The molecule has 1 spiro atoms. The van der Waals surface area contributed by atoms with E-state index in [1.165, 1.54) is 4.90 Å². The van der Waals surface area contributed by atoms with Crippen molar-refractivity contribution in [1.29, 1.82) is 0 Å². The van der Waals surface area contributed by atoms with E-state index >= 15 is 0 Å². The molecule has 0 bridgehead atoms. The molecule has 0 aromatic heterocycles. The molecule has 2 aliphatic rings. The molecule has 0 radical (unpaired) electrons. The number of nitrogens with zero attached hydrogens (tertiary/aromatic N) is 1. The Bertz CT molecular complexity index is 376. The van der Waals surface area contributed by atoms with Gasteiger partial charge in [0.2, 0.25) is 0 Å². The summed E-state index contributed by atoms with van der Waals surface area (Å²) >= 11 is 4.18. The molecule has 2 fully saturated rings. The van der Waals surface area contributed by atoms with Crippen molar-refractivity contribution in [2.24, 2.45) is 11.8 Å². The van der Waals surface area contributed by atoms with Gasteiger partial charge in [-0.3, -0.25) is 9.69 Å². The smallest absolute Gasteiger partial charge is 0.323 e. The van der Waals surface area contributed by atoms with E-state index in [9.17, 15) is 9.59 Å². The summed E-state index contributed by atoms with van der Waals surface area (Å²) < 4.78 is 0. The lowest BCUT2D eigenvalue weighted by Crippen LogP contribution is -2.58. The predicted octanol–water partition coefficient (Wildman–Crippen LogP) is 2.83. The maximum atomic E-state index is 12.8. The molecule has 0 aromatic carbocycles. The Morgan fingerprint density at radius 2 is 1.85 bits per heavy atom. The first kappa shape index (κ1) is 15.7. The third-order valence-electron chi connectivity index (χ3n) is 5.03. The molecule has 2 rings (SSSR count). The van der Waals surface area contributed by atoms with Gasteiger partial charge in [0.05, 0.1) is 0 Å². The van der Waals surface area contributed by atoms with Gasteiger partial charge in [0, 0.05) is 6.54 Å². The van der Waals surface area contributed by atoms with E-state index in [-0.39, 0.29) is 23.8 Å². The van der Waals surface area contributed by atoms with Crippen molar-refractivity contribution < 1.29 is 9.59 Å². The van der Waals surface area contributed by atoms with E-state index < -0.39 is 5.54 Å². The summed E-state index contributed by atoms with van der Waals surface area (Å²) in [6, 6.07) is -0.193. The van der Waals surface area contributed by atoms with Crippen molar-refractivity contribution in [2.45, 2.75) is 57.9 Å². The summed E-state index contributed by atoms with van der Waals surface area (Å²) in [5.41, 5.74) is -0.640. The summed E-state index contributed by atoms with van der Waals surface area (Å²) in [5, 5.41) is 3.03. The SMILES string of the molecule is CC1CCCC(C)C12NC(=O)N(CCCCCS)C2=O. The topological polar surface area (TPSA) is 49.4 Å². The molecule has 114 valence electrons. The Hall–Kier alpha value is -0.710. The van der Waals surface area contributed by atoms with Crippen LogP contribution in [0.25, 0.3) is 0 Å². The number of imide groups is 1. The van der Waals surface area contributed by atoms with Crippen LogP contribution in [0.4, 0.5) is 4.79 Å². The number of carbonyl (C=O) groups excluding carboxylic acids is 2. The quantitative estimate of drug-likeness (QED) is 0.466. The third-order valence-corrected chi connectivity index (χ3v) is 5.34. The van der Waals surface area contributed by atoms with Gasteiger partial charge in [0.1, 0.15) is 5.54 Å². The van der Waals surface area contributed by atoms with Gasteiger partial charge < -0.3 is 5.32 Å². The van der Waals surface area contributed by atoms with Crippen LogP contribution in [0.5, 0.6) is 0 Å². The second-order valence-electron chi connectivity index (χ2n) is 6.27. The van der Waals surface area contributed by atoms with Gasteiger partial charge in [0.25, 0.3) is 5.91 Å². The average molecular weight is 298 g/mol. The van der Waals surface area contributed by atoms with Crippen molar-refractivity contribution in [2.75, 3.05) is 12.3 Å². The second kappa shape index (κ2) is 6.37. The first-order valence-corrected chi connectivity index (χ1v) is 8.42. The van der Waals surface area contributed by atoms with Gasteiger partial charge in [-0.2, -0.15) is 12.6 Å². The molecule has 1 saturated heterocycles. The normalized spacial score (nSPS) is 33.9. The Kier molecular flexibility index (Phi) is 4.99. The Balaban J connectivity index is 2.07. The van der Waals surface area contributed by atoms with E-state index in [2.05, 4.69) is 31.8 Å². The van der Waals surface area contributed by atoms with Crippen molar-refractivity contribution >= 4 is 24.6 Å². The van der Waals surface area contributed by atoms with Gasteiger partial charge in [-0.05, 0) is 43.3 Å². The van der Waals surface area contributed by atoms with Crippen LogP contribution in [0.2, 0.25) is 0 Å². The van der Waals surface area contributed by atoms with E-state index in [0.29, 0.717) is 6.54 Å². The summed E-state index contributed by atoms with van der Waals surface area (Å²) in [6.07, 6.45) is 6.10. The highest BCUT2D eigenvalue weighted by Gasteiger charge is 2.57. The van der Waals surface area contributed by atoms with Crippen molar-refractivity contribution in [3.63, 3.8) is 0 Å². The fourth-order valence-electron chi connectivity index (χ4n) is 3.71. The molecule has 2 atom stereocenters. The fourth-order valence-corrected chi connectivity index (χ4v) is 3.94. The van der Waals surface area contributed by atoms with Crippen LogP contribution in [-0.4, -0.2) is 34.7 Å². The molecule has 1 aliphatic carbocycles. The van der Waals surface area contributed by atoms with E-state index in [4.69, 9.17) is 0 Å². The molecular formula is C15H26N2O2S. The molecular weight excluding hydrogens is 272 g/mol. The summed E-state index contributed by atoms with van der Waals surface area (Å²) in [4.78, 5) is 26.4. The minimum atomic E-state index is -0.640. The zero-order valence-electron chi connectivity index (χ0n) is 12.5. The number of thiol groups is 1. The number of hydrogen-bond acceptors (Lipinski definition) is 3. The number of urea groups is 1. The van der Waals surface area contributed by atoms with Crippen LogP contribution in [0.15, 0.2) is 0 Å². The minimum absolute atomic E-state index is 0.00748. The number of amides is 3. The van der Waals surface area contributed by atoms with Crippen LogP contribution in [0.3, 0.4) is 0 Å². The van der Waals surface area contributed by atoms with Crippen molar-refractivity contribution in [3.05, 3.63) is 0 Å². The lowest BCUT2D eigenvalue weighted by molar-refractivity contribution is -0.136. The highest BCUT2D eigenvalue weighted by Crippen LogP contribution is 2.42. The van der Waals surface area contributed by atoms with Crippen LogP contribution in [-0.2, 0) is 4.79 Å². The Morgan fingerprint density at radius 1 is 1.20 bits per heavy atom. The number of carbonyl (C=O) groups is 2. The Morgan fingerprint density at radius 3 is 2.45 bits per heavy atom. The third kappa shape index (κ3) is 2.57. The molecule has 1 aliphatic heterocycles. The number of hydrogen-bond donors (Lipinski definition) is 2. The Labute approximate surface area is 127 Å². The second-order valence-corrected chi connectivity index (χ2v) is 6.72. The molecule has 1 N–H and O–H groups in total. The zero-order valence-corrected chi connectivity index (χ0v) is 13.4. The predicted molar refractivity (Wildman–Crippen MR) is 82.9 cm³/mol. The van der Waals surface area contributed by atoms with Gasteiger partial charge in [-0.25, -0.2) is 4.79 Å². The maximum absolute atomic E-state index is 12.8. The van der Waals surface area contributed by atoms with Gasteiger partial charge in [-0.15, -0.1) is 0 Å². The van der Waals surface area contributed by atoms with Gasteiger partial charge in [0.15, 0.2) is 0 Å². The molecule has 20 heavy (non-hydrogen) atoms. The van der Waals surface area contributed by atoms with Crippen molar-refractivity contribution in [1.82, 2.24) is 10.2 Å². The largest absolute Gasteiger partial charge is 0.325 e. The summed E-state index contributed by atoms with van der Waals surface area (Å²) in [7, 11) is 0. The van der Waals surface area contributed by atoms with Crippen LogP contribution in [0, 0.1) is 11.8 Å². The van der Waals surface area contributed by atoms with Crippen molar-refractivity contribution in [3.8, 4) is 0 Å². The monoisotopic (exact) mass is 298 g/mol. The molecule has 4 nitrogen and oxygen atoms in total. The molecule has 3 amide bonds. The highest BCUT2D eigenvalue weighted by atomic mass is 32.1. The fraction of sp³-hybridized carbons (Fsp3) is 0.867. The highest BCUT2D eigenvalue weighted by molar-refractivity contribution is 7.80. The zero-order chi connectivity index (χ0) is 14.8. The minimum Gasteiger partial charge on any atom is -0.323 e. The van der Waals surface area contributed by atoms with Gasteiger partial charge >= 0.3 is 6.03 Å². The first-order chi connectivity index (χ1) is 9.54. The average Bonchev–Trinajstić information content (AvgIpc) is 2.66. The number of rotatable bonds is 5. The van der Waals surface area contributed by atoms with Crippen LogP contribution in [0.1, 0.15) is 52.4 Å². The summed E-state index contributed by atoms with van der Waals surface area (Å²) in [5.74, 6) is 1.32. The first-order valence-electron chi connectivity index (χ1n) is 7.79. The summed E-state index contributed by atoms with van der Waals surface area (Å²) in [6.45, 7) is 4.73. The lowest BCUT2D eigenvalue weighted by Gasteiger charge is -2.42. The van der Waals surface area contributed by atoms with Gasteiger partial charge in [-0.1, -0.05) is 26.7 Å².